The van der Waals surface area contributed by atoms with E-state index in [-0.39, 0.29) is 17.6 Å². The van der Waals surface area contributed by atoms with Crippen molar-refractivity contribution < 1.29 is 14.7 Å². The summed E-state index contributed by atoms with van der Waals surface area (Å²) in [6, 6.07) is 2.75. The molecule has 0 aliphatic heterocycles. The lowest BCUT2D eigenvalue weighted by molar-refractivity contribution is -0.137. The Kier molecular flexibility index (Phi) is 4.78. The van der Waals surface area contributed by atoms with Gasteiger partial charge in [0.2, 0.25) is 0 Å². The largest absolute Gasteiger partial charge is 0.480 e. The molecule has 0 aromatic heterocycles. The number of carbonyl (C=O) groups excluding carboxylic acids is 1. The molecule has 1 aromatic carbocycles. The topological polar surface area (TPSA) is 69.6 Å². The first-order valence-corrected chi connectivity index (χ1v) is 7.38. The van der Waals surface area contributed by atoms with Gasteiger partial charge in [-0.25, -0.2) is 4.79 Å². The minimum Gasteiger partial charge on any atom is -0.480 e. The smallest absolute Gasteiger partial charge is 0.323 e. The Hall–Kier alpha value is -0.980. The molecule has 0 unspecified atom stereocenters. The maximum absolute atomic E-state index is 12.1. The summed E-state index contributed by atoms with van der Waals surface area (Å²) < 4.78 is 0.617. The molecule has 2 amide bonds. The Bertz CT molecular complexity index is 564. The van der Waals surface area contributed by atoms with Crippen LogP contribution in [0.1, 0.15) is 12.8 Å². The van der Waals surface area contributed by atoms with Crippen LogP contribution in [-0.4, -0.2) is 34.6 Å². The van der Waals surface area contributed by atoms with E-state index in [9.17, 15) is 9.59 Å². The van der Waals surface area contributed by atoms with E-state index in [1.54, 1.807) is 12.1 Å². The van der Waals surface area contributed by atoms with Crippen molar-refractivity contribution in [2.45, 2.75) is 18.9 Å². The average Bonchev–Trinajstić information content (AvgIpc) is 3.20. The summed E-state index contributed by atoms with van der Waals surface area (Å²) in [6.07, 6.45) is 1.63. The fourth-order valence-electron chi connectivity index (χ4n) is 1.71. The molecule has 0 saturated heterocycles. The Morgan fingerprint density at radius 3 is 2.55 bits per heavy atom. The summed E-state index contributed by atoms with van der Waals surface area (Å²) >= 11 is 15.2. The Morgan fingerprint density at radius 2 is 2.00 bits per heavy atom. The summed E-state index contributed by atoms with van der Waals surface area (Å²) in [5.74, 6) is -1.05. The lowest BCUT2D eigenvalue weighted by atomic mass is 10.3. The molecule has 0 bridgehead atoms. The van der Waals surface area contributed by atoms with Crippen LogP contribution in [0.3, 0.4) is 0 Å². The quantitative estimate of drug-likeness (QED) is 0.778. The van der Waals surface area contributed by atoms with Gasteiger partial charge in [-0.05, 0) is 40.9 Å². The van der Waals surface area contributed by atoms with Gasteiger partial charge in [0.15, 0.2) is 0 Å². The van der Waals surface area contributed by atoms with Gasteiger partial charge >= 0.3 is 12.0 Å². The van der Waals surface area contributed by atoms with Crippen LogP contribution in [0.2, 0.25) is 10.0 Å². The summed E-state index contributed by atoms with van der Waals surface area (Å²) in [5.41, 5.74) is 0.348. The fraction of sp³-hybridized carbons (Fsp3) is 0.333. The number of carboxylic acids is 1. The van der Waals surface area contributed by atoms with E-state index in [0.717, 1.165) is 12.8 Å². The number of nitrogens with zero attached hydrogens (tertiary/aromatic N) is 1. The minimum atomic E-state index is -1.05. The lowest BCUT2D eigenvalue weighted by Crippen LogP contribution is -2.40. The zero-order valence-corrected chi connectivity index (χ0v) is 13.3. The fourth-order valence-corrected chi connectivity index (χ4v) is 2.53. The number of benzene rings is 1. The minimum absolute atomic E-state index is 0.0178. The highest BCUT2D eigenvalue weighted by molar-refractivity contribution is 9.10. The normalized spacial score (nSPS) is 13.9. The molecule has 1 fully saturated rings. The predicted octanol–water partition coefficient (Wildman–Crippen LogP) is 3.84. The molecule has 5 nitrogen and oxygen atoms in total. The van der Waals surface area contributed by atoms with Crippen LogP contribution >= 0.6 is 39.1 Å². The maximum atomic E-state index is 12.1. The molecular formula is C12H11BrCl2N2O3. The molecule has 1 aliphatic rings. The van der Waals surface area contributed by atoms with E-state index in [4.69, 9.17) is 28.3 Å². The molecular weight excluding hydrogens is 371 g/mol. The third-order valence-electron chi connectivity index (χ3n) is 2.83. The molecule has 0 radical (unpaired) electrons. The molecule has 108 valence electrons. The number of hydrogen-bond donors (Lipinski definition) is 2. The number of urea groups is 1. The van der Waals surface area contributed by atoms with Crippen molar-refractivity contribution in [3.8, 4) is 0 Å². The molecule has 2 N–H and O–H groups in total. The van der Waals surface area contributed by atoms with Gasteiger partial charge in [0.05, 0.1) is 15.7 Å². The molecule has 0 spiro atoms. The van der Waals surface area contributed by atoms with Gasteiger partial charge < -0.3 is 15.3 Å². The van der Waals surface area contributed by atoms with Crippen LogP contribution in [0.5, 0.6) is 0 Å². The zero-order valence-electron chi connectivity index (χ0n) is 10.2. The standard InChI is InChI=1S/C12H11BrCl2N2O3/c13-7-3-4-8(11(15)10(7)14)16-12(20)17(5-9(18)19)6-1-2-6/h3-4,6H,1-2,5H2,(H,16,20)(H,18,19). The summed E-state index contributed by atoms with van der Waals surface area (Å²) in [5, 5.41) is 11.9. The first kappa shape index (κ1) is 15.4. The average molecular weight is 382 g/mol. The predicted molar refractivity (Wildman–Crippen MR) is 80.5 cm³/mol. The summed E-state index contributed by atoms with van der Waals surface area (Å²) in [4.78, 5) is 24.2. The SMILES string of the molecule is O=C(O)CN(C(=O)Nc1ccc(Br)c(Cl)c1Cl)C1CC1. The van der Waals surface area contributed by atoms with Crippen molar-refractivity contribution in [3.05, 3.63) is 26.7 Å². The van der Waals surface area contributed by atoms with E-state index in [2.05, 4.69) is 21.2 Å². The van der Waals surface area contributed by atoms with Crippen LogP contribution in [0.4, 0.5) is 10.5 Å². The number of anilines is 1. The molecule has 1 saturated carbocycles. The van der Waals surface area contributed by atoms with Crippen molar-refractivity contribution in [1.82, 2.24) is 4.90 Å². The second-order valence-corrected chi connectivity index (χ2v) is 6.02. The van der Waals surface area contributed by atoms with Crippen LogP contribution in [0.15, 0.2) is 16.6 Å². The molecule has 2 rings (SSSR count). The van der Waals surface area contributed by atoms with Crippen LogP contribution in [-0.2, 0) is 4.79 Å². The van der Waals surface area contributed by atoms with E-state index in [0.29, 0.717) is 15.2 Å². The number of hydrogen-bond acceptors (Lipinski definition) is 2. The van der Waals surface area contributed by atoms with Crippen LogP contribution in [0, 0.1) is 0 Å². The number of nitrogens with one attached hydrogen (secondary N) is 1. The number of aliphatic carboxylic acids is 1. The van der Waals surface area contributed by atoms with Crippen molar-refractivity contribution in [3.63, 3.8) is 0 Å². The van der Waals surface area contributed by atoms with Gasteiger partial charge in [0, 0.05) is 10.5 Å². The van der Waals surface area contributed by atoms with Crippen molar-refractivity contribution in [1.29, 1.82) is 0 Å². The summed E-state index contributed by atoms with van der Waals surface area (Å²) in [6.45, 7) is -0.335. The van der Waals surface area contributed by atoms with Gasteiger partial charge in [-0.3, -0.25) is 4.79 Å². The molecule has 1 aliphatic carbocycles. The monoisotopic (exact) mass is 380 g/mol. The zero-order chi connectivity index (χ0) is 14.9. The highest BCUT2D eigenvalue weighted by Gasteiger charge is 2.34. The molecule has 0 heterocycles. The van der Waals surface area contributed by atoms with E-state index >= 15 is 0 Å². The van der Waals surface area contributed by atoms with Crippen LogP contribution < -0.4 is 5.32 Å². The Morgan fingerprint density at radius 1 is 1.35 bits per heavy atom. The molecule has 20 heavy (non-hydrogen) atoms. The molecule has 0 atom stereocenters. The lowest BCUT2D eigenvalue weighted by Gasteiger charge is -2.21. The number of amides is 2. The van der Waals surface area contributed by atoms with E-state index < -0.39 is 12.0 Å². The maximum Gasteiger partial charge on any atom is 0.323 e. The highest BCUT2D eigenvalue weighted by atomic mass is 79.9. The second-order valence-electron chi connectivity index (χ2n) is 4.41. The van der Waals surface area contributed by atoms with Crippen LogP contribution in [0.25, 0.3) is 0 Å². The highest BCUT2D eigenvalue weighted by Crippen LogP contribution is 2.36. The number of halogens is 3. The van der Waals surface area contributed by atoms with Crippen molar-refractivity contribution >= 4 is 56.8 Å². The Labute approximate surface area is 134 Å². The second kappa shape index (κ2) is 6.20. The van der Waals surface area contributed by atoms with Crippen molar-refractivity contribution in [2.75, 3.05) is 11.9 Å². The van der Waals surface area contributed by atoms with Crippen molar-refractivity contribution in [2.24, 2.45) is 0 Å². The van der Waals surface area contributed by atoms with Gasteiger partial charge in [-0.1, -0.05) is 23.2 Å². The molecule has 8 heteroatoms. The molecule has 1 aromatic rings. The van der Waals surface area contributed by atoms with E-state index in [1.807, 2.05) is 0 Å². The Balaban J connectivity index is 2.14. The van der Waals surface area contributed by atoms with Gasteiger partial charge in [-0.15, -0.1) is 0 Å². The van der Waals surface area contributed by atoms with Gasteiger partial charge in [0.1, 0.15) is 6.54 Å². The summed E-state index contributed by atoms with van der Waals surface area (Å²) in [7, 11) is 0. The first-order valence-electron chi connectivity index (χ1n) is 5.83. The van der Waals surface area contributed by atoms with E-state index in [1.165, 1.54) is 4.90 Å². The third-order valence-corrected chi connectivity index (χ3v) is 4.60. The first-order chi connectivity index (χ1) is 9.40. The number of carbonyl (C=O) groups is 2. The van der Waals surface area contributed by atoms with Gasteiger partial charge in [-0.2, -0.15) is 0 Å². The third kappa shape index (κ3) is 3.56. The number of rotatable bonds is 4. The van der Waals surface area contributed by atoms with Gasteiger partial charge in [0.25, 0.3) is 0 Å². The number of carboxylic acid groups (broad SMARTS) is 1.